The van der Waals surface area contributed by atoms with Crippen molar-refractivity contribution in [2.45, 2.75) is 51.1 Å². The van der Waals surface area contributed by atoms with Crippen LogP contribution in [0.5, 0.6) is 0 Å². The smallest absolute Gasteiger partial charge is 0.319 e. The number of nitrogens with one attached hydrogen (secondary N) is 3. The lowest BCUT2D eigenvalue weighted by molar-refractivity contribution is -0.121. The summed E-state index contributed by atoms with van der Waals surface area (Å²) in [5.74, 6) is 0.0594. The highest BCUT2D eigenvalue weighted by Gasteiger charge is 2.23. The third-order valence-electron chi connectivity index (χ3n) is 4.41. The van der Waals surface area contributed by atoms with Crippen molar-refractivity contribution in [2.24, 2.45) is 0 Å². The highest BCUT2D eigenvalue weighted by molar-refractivity contribution is 9.11. The second kappa shape index (κ2) is 9.37. The van der Waals surface area contributed by atoms with E-state index in [1.807, 2.05) is 37.3 Å². The Bertz CT molecular complexity index is 787. The van der Waals surface area contributed by atoms with Gasteiger partial charge in [-0.3, -0.25) is 4.79 Å². The van der Waals surface area contributed by atoms with Gasteiger partial charge in [-0.1, -0.05) is 12.1 Å². The van der Waals surface area contributed by atoms with Gasteiger partial charge in [0.05, 0.1) is 9.83 Å². The van der Waals surface area contributed by atoms with Crippen LogP contribution < -0.4 is 16.0 Å². The van der Waals surface area contributed by atoms with E-state index in [2.05, 4.69) is 37.9 Å². The van der Waals surface area contributed by atoms with Crippen molar-refractivity contribution in [1.82, 2.24) is 10.6 Å². The fourth-order valence-corrected chi connectivity index (χ4v) is 4.27. The van der Waals surface area contributed by atoms with Crippen molar-refractivity contribution < 1.29 is 9.59 Å². The minimum atomic E-state index is -0.163. The van der Waals surface area contributed by atoms with Gasteiger partial charge < -0.3 is 16.0 Å². The third-order valence-corrected chi connectivity index (χ3v) is 6.10. The molecule has 5 nitrogen and oxygen atoms in total. The molecule has 0 bridgehead atoms. The van der Waals surface area contributed by atoms with Crippen LogP contribution in [0.3, 0.4) is 0 Å². The zero-order valence-electron chi connectivity index (χ0n) is 15.3. The molecule has 1 aliphatic rings. The largest absolute Gasteiger partial charge is 0.350 e. The first-order valence-electron chi connectivity index (χ1n) is 9.20. The first-order valence-corrected chi connectivity index (χ1v) is 10.8. The standard InChI is InChI=1S/C20H24BrN3O2S/c1-13(22-19(25)4-2-3-17-11-12-18(21)27-17)14-5-7-15(8-6-14)23-20(26)24-16-9-10-16/h5-8,11-13,16H,2-4,9-10H2,1H3,(H,22,25)(H2,23,24,26). The van der Waals surface area contributed by atoms with Crippen LogP contribution in [0.25, 0.3) is 0 Å². The highest BCUT2D eigenvalue weighted by Crippen LogP contribution is 2.23. The molecule has 1 saturated carbocycles. The van der Waals surface area contributed by atoms with E-state index in [4.69, 9.17) is 0 Å². The number of amides is 3. The van der Waals surface area contributed by atoms with Crippen LogP contribution in [0.1, 0.15) is 49.1 Å². The normalized spacial score (nSPS) is 14.4. The molecule has 1 aromatic carbocycles. The monoisotopic (exact) mass is 449 g/mol. The molecule has 1 heterocycles. The predicted molar refractivity (Wildman–Crippen MR) is 113 cm³/mol. The Labute approximate surface area is 172 Å². The average molecular weight is 450 g/mol. The van der Waals surface area contributed by atoms with Gasteiger partial charge in [0, 0.05) is 23.0 Å². The van der Waals surface area contributed by atoms with Crippen LogP contribution in [0.15, 0.2) is 40.2 Å². The van der Waals surface area contributed by atoms with Crippen molar-refractivity contribution in [2.75, 3.05) is 5.32 Å². The Balaban J connectivity index is 1.40. The third kappa shape index (κ3) is 6.66. The fraction of sp³-hybridized carbons (Fsp3) is 0.400. The van der Waals surface area contributed by atoms with Crippen LogP contribution in [-0.4, -0.2) is 18.0 Å². The van der Waals surface area contributed by atoms with Gasteiger partial charge in [-0.2, -0.15) is 0 Å². The molecule has 7 heteroatoms. The Morgan fingerprint density at radius 1 is 1.19 bits per heavy atom. The summed E-state index contributed by atoms with van der Waals surface area (Å²) in [7, 11) is 0. The molecular weight excluding hydrogens is 426 g/mol. The number of anilines is 1. The van der Waals surface area contributed by atoms with E-state index in [0.29, 0.717) is 12.5 Å². The molecule has 2 aromatic rings. The zero-order valence-corrected chi connectivity index (χ0v) is 17.7. The maximum absolute atomic E-state index is 12.2. The molecule has 1 aromatic heterocycles. The van der Waals surface area contributed by atoms with E-state index in [9.17, 15) is 9.59 Å². The topological polar surface area (TPSA) is 70.2 Å². The van der Waals surface area contributed by atoms with E-state index in [1.54, 1.807) is 11.3 Å². The Morgan fingerprint density at radius 3 is 2.56 bits per heavy atom. The molecule has 1 atom stereocenters. The molecule has 0 radical (unpaired) electrons. The van der Waals surface area contributed by atoms with Crippen LogP contribution in [0.2, 0.25) is 0 Å². The number of carbonyl (C=O) groups excluding carboxylic acids is 2. The van der Waals surface area contributed by atoms with E-state index in [-0.39, 0.29) is 18.0 Å². The first kappa shape index (κ1) is 19.9. The molecule has 27 heavy (non-hydrogen) atoms. The molecule has 3 amide bonds. The Morgan fingerprint density at radius 2 is 1.93 bits per heavy atom. The summed E-state index contributed by atoms with van der Waals surface area (Å²) in [4.78, 5) is 25.2. The summed E-state index contributed by atoms with van der Waals surface area (Å²) in [5, 5.41) is 8.75. The summed E-state index contributed by atoms with van der Waals surface area (Å²) < 4.78 is 1.12. The lowest BCUT2D eigenvalue weighted by atomic mass is 10.1. The molecule has 144 valence electrons. The van der Waals surface area contributed by atoms with Gasteiger partial charge in [-0.25, -0.2) is 4.79 Å². The first-order chi connectivity index (χ1) is 13.0. The summed E-state index contributed by atoms with van der Waals surface area (Å²) in [6, 6.07) is 11.8. The van der Waals surface area contributed by atoms with E-state index in [1.165, 1.54) is 4.88 Å². The lowest BCUT2D eigenvalue weighted by Gasteiger charge is -2.15. The molecule has 1 aliphatic carbocycles. The van der Waals surface area contributed by atoms with Gasteiger partial charge in [-0.05, 0) is 78.4 Å². The Hall–Kier alpha value is -1.86. The second-order valence-electron chi connectivity index (χ2n) is 6.84. The molecule has 1 fully saturated rings. The molecule has 0 aliphatic heterocycles. The van der Waals surface area contributed by atoms with Gasteiger partial charge in [0.2, 0.25) is 5.91 Å². The SMILES string of the molecule is CC(NC(=O)CCCc1ccc(Br)s1)c1ccc(NC(=O)NC2CC2)cc1. The fourth-order valence-electron chi connectivity index (χ4n) is 2.74. The molecule has 3 rings (SSSR count). The summed E-state index contributed by atoms with van der Waals surface area (Å²) in [5.41, 5.74) is 1.76. The number of benzene rings is 1. The number of urea groups is 1. The summed E-state index contributed by atoms with van der Waals surface area (Å²) in [6.45, 7) is 1.97. The molecule has 0 saturated heterocycles. The number of hydrogen-bond acceptors (Lipinski definition) is 3. The predicted octanol–water partition coefficient (Wildman–Crippen LogP) is 4.99. The van der Waals surface area contributed by atoms with E-state index >= 15 is 0 Å². The molecular formula is C20H24BrN3O2S. The van der Waals surface area contributed by atoms with E-state index in [0.717, 1.165) is 40.7 Å². The van der Waals surface area contributed by atoms with Gasteiger partial charge in [0.15, 0.2) is 0 Å². The maximum Gasteiger partial charge on any atom is 0.319 e. The van der Waals surface area contributed by atoms with Crippen LogP contribution in [0, 0.1) is 0 Å². The van der Waals surface area contributed by atoms with Crippen molar-refractivity contribution in [3.63, 3.8) is 0 Å². The van der Waals surface area contributed by atoms with Crippen molar-refractivity contribution in [3.8, 4) is 0 Å². The van der Waals surface area contributed by atoms with Crippen molar-refractivity contribution in [1.29, 1.82) is 0 Å². The summed E-state index contributed by atoms with van der Waals surface area (Å²) in [6.07, 6.45) is 4.40. The number of carbonyl (C=O) groups is 2. The molecule has 3 N–H and O–H groups in total. The average Bonchev–Trinajstić information content (AvgIpc) is 3.34. The van der Waals surface area contributed by atoms with Gasteiger partial charge in [-0.15, -0.1) is 11.3 Å². The second-order valence-corrected chi connectivity index (χ2v) is 9.39. The number of hydrogen-bond donors (Lipinski definition) is 3. The quantitative estimate of drug-likeness (QED) is 0.530. The zero-order chi connectivity index (χ0) is 19.2. The highest BCUT2D eigenvalue weighted by atomic mass is 79.9. The minimum Gasteiger partial charge on any atom is -0.350 e. The number of rotatable bonds is 8. The van der Waals surface area contributed by atoms with Crippen LogP contribution in [-0.2, 0) is 11.2 Å². The summed E-state index contributed by atoms with van der Waals surface area (Å²) >= 11 is 5.17. The van der Waals surface area contributed by atoms with Crippen molar-refractivity contribution >= 4 is 44.9 Å². The number of aryl methyl sites for hydroxylation is 1. The van der Waals surface area contributed by atoms with Crippen molar-refractivity contribution in [3.05, 3.63) is 50.6 Å². The number of halogens is 1. The Kier molecular flexibility index (Phi) is 6.90. The number of thiophene rings is 1. The van der Waals surface area contributed by atoms with Gasteiger partial charge >= 0.3 is 6.03 Å². The molecule has 0 spiro atoms. The maximum atomic E-state index is 12.2. The van der Waals surface area contributed by atoms with Crippen LogP contribution >= 0.6 is 27.3 Å². The van der Waals surface area contributed by atoms with Crippen LogP contribution in [0.4, 0.5) is 10.5 Å². The van der Waals surface area contributed by atoms with E-state index < -0.39 is 0 Å². The van der Waals surface area contributed by atoms with Gasteiger partial charge in [0.25, 0.3) is 0 Å². The lowest BCUT2D eigenvalue weighted by Crippen LogP contribution is -2.30. The minimum absolute atomic E-state index is 0.0594. The van der Waals surface area contributed by atoms with Gasteiger partial charge in [0.1, 0.15) is 0 Å². The molecule has 1 unspecified atom stereocenters.